The molecule has 0 unspecified atom stereocenters. The van der Waals surface area contributed by atoms with Gasteiger partial charge in [0.2, 0.25) is 5.91 Å². The van der Waals surface area contributed by atoms with Gasteiger partial charge in [-0.2, -0.15) is 0 Å². The molecule has 0 atom stereocenters. The minimum absolute atomic E-state index is 0.122. The molecule has 0 aliphatic heterocycles. The van der Waals surface area contributed by atoms with Crippen LogP contribution < -0.4 is 0 Å². The van der Waals surface area contributed by atoms with Crippen LogP contribution in [0.2, 0.25) is 0 Å². The average molecular weight is 384 g/mol. The summed E-state index contributed by atoms with van der Waals surface area (Å²) < 4.78 is 0. The van der Waals surface area contributed by atoms with Crippen LogP contribution in [0.3, 0.4) is 0 Å². The number of amides is 1. The molecule has 2 aromatic heterocycles. The molecule has 3 aromatic rings. The number of hydrogen-bond acceptors (Lipinski definition) is 5. The van der Waals surface area contributed by atoms with Gasteiger partial charge in [-0.3, -0.25) is 4.79 Å². The molecule has 0 N–H and O–H groups in total. The number of aryl methyl sites for hydroxylation is 3. The van der Waals surface area contributed by atoms with Gasteiger partial charge in [-0.1, -0.05) is 36.0 Å². The van der Waals surface area contributed by atoms with Gasteiger partial charge in [-0.25, -0.2) is 9.97 Å². The molecule has 26 heavy (non-hydrogen) atoms. The summed E-state index contributed by atoms with van der Waals surface area (Å²) in [6, 6.07) is 8.20. The molecule has 134 valence electrons. The van der Waals surface area contributed by atoms with Crippen LogP contribution in [0.25, 0.3) is 10.2 Å². The molecule has 2 heterocycles. The fraction of sp³-hybridized carbons (Fsp3) is 0.350. The molecular formula is C20H21N3OS2. The van der Waals surface area contributed by atoms with Crippen molar-refractivity contribution in [3.63, 3.8) is 0 Å². The number of nitrogens with zero attached hydrogens (tertiary/aromatic N) is 3. The maximum Gasteiger partial charge on any atom is 0.233 e. The summed E-state index contributed by atoms with van der Waals surface area (Å²) in [5.74, 6) is 0.524. The van der Waals surface area contributed by atoms with Crippen molar-refractivity contribution in [1.82, 2.24) is 14.9 Å². The molecule has 1 aliphatic carbocycles. The lowest BCUT2D eigenvalue weighted by atomic mass is 10.1. The first-order valence-electron chi connectivity index (χ1n) is 8.80. The summed E-state index contributed by atoms with van der Waals surface area (Å²) in [4.78, 5) is 25.8. The molecule has 1 aromatic carbocycles. The third-order valence-corrected chi connectivity index (χ3v) is 7.07. The Morgan fingerprint density at radius 3 is 2.96 bits per heavy atom. The van der Waals surface area contributed by atoms with E-state index in [1.807, 2.05) is 19.2 Å². The summed E-state index contributed by atoms with van der Waals surface area (Å²) in [5, 5.41) is 2.14. The molecule has 4 nitrogen and oxygen atoms in total. The van der Waals surface area contributed by atoms with Crippen molar-refractivity contribution < 1.29 is 4.79 Å². The fourth-order valence-electron chi connectivity index (χ4n) is 3.38. The standard InChI is InChI=1S/C20H21N3OS2/c1-13-6-3-4-7-14(13)10-23(2)17(24)11-25-19-18-15-8-5-9-16(15)26-20(18)22-12-21-19/h3-4,6-7,12H,5,8-11H2,1-2H3. The van der Waals surface area contributed by atoms with Gasteiger partial charge in [0, 0.05) is 23.9 Å². The second-order valence-electron chi connectivity index (χ2n) is 6.68. The Kier molecular flexibility index (Phi) is 4.96. The van der Waals surface area contributed by atoms with E-state index in [1.54, 1.807) is 22.6 Å². The first-order valence-corrected chi connectivity index (χ1v) is 10.6. The Bertz CT molecular complexity index is 967. The molecule has 0 saturated heterocycles. The highest BCUT2D eigenvalue weighted by Gasteiger charge is 2.22. The predicted octanol–water partition coefficient (Wildman–Crippen LogP) is 4.24. The first kappa shape index (κ1) is 17.5. The van der Waals surface area contributed by atoms with Crippen molar-refractivity contribution >= 4 is 39.2 Å². The Balaban J connectivity index is 1.46. The quantitative estimate of drug-likeness (QED) is 0.488. The fourth-order valence-corrected chi connectivity index (χ4v) is 5.64. The van der Waals surface area contributed by atoms with Gasteiger partial charge >= 0.3 is 0 Å². The number of aromatic nitrogens is 2. The monoisotopic (exact) mass is 383 g/mol. The zero-order valence-electron chi connectivity index (χ0n) is 15.0. The topological polar surface area (TPSA) is 46.1 Å². The van der Waals surface area contributed by atoms with E-state index in [0.717, 1.165) is 22.7 Å². The first-order chi connectivity index (χ1) is 12.6. The van der Waals surface area contributed by atoms with Crippen LogP contribution in [0, 0.1) is 6.92 Å². The van der Waals surface area contributed by atoms with Gasteiger partial charge in [0.25, 0.3) is 0 Å². The third-order valence-electron chi connectivity index (χ3n) is 4.89. The highest BCUT2D eigenvalue weighted by atomic mass is 32.2. The van der Waals surface area contributed by atoms with E-state index >= 15 is 0 Å². The zero-order chi connectivity index (χ0) is 18.1. The van der Waals surface area contributed by atoms with Crippen molar-refractivity contribution in [2.75, 3.05) is 12.8 Å². The van der Waals surface area contributed by atoms with Crippen LogP contribution in [-0.2, 0) is 24.2 Å². The second kappa shape index (κ2) is 7.37. The van der Waals surface area contributed by atoms with Crippen LogP contribution in [0.15, 0.2) is 35.6 Å². The van der Waals surface area contributed by atoms with Crippen molar-refractivity contribution in [3.05, 3.63) is 52.2 Å². The highest BCUT2D eigenvalue weighted by Crippen LogP contribution is 2.40. The van der Waals surface area contributed by atoms with Gasteiger partial charge in [-0.15, -0.1) is 11.3 Å². The van der Waals surface area contributed by atoms with E-state index in [9.17, 15) is 4.79 Å². The van der Waals surface area contributed by atoms with Crippen molar-refractivity contribution in [3.8, 4) is 0 Å². The molecule has 0 spiro atoms. The van der Waals surface area contributed by atoms with Crippen LogP contribution >= 0.6 is 23.1 Å². The minimum Gasteiger partial charge on any atom is -0.341 e. The molecule has 0 bridgehead atoms. The Morgan fingerprint density at radius 1 is 1.27 bits per heavy atom. The Labute approximate surface area is 161 Å². The van der Waals surface area contributed by atoms with Crippen molar-refractivity contribution in [2.24, 2.45) is 0 Å². The van der Waals surface area contributed by atoms with E-state index in [4.69, 9.17) is 0 Å². The van der Waals surface area contributed by atoms with Gasteiger partial charge in [0.05, 0.1) is 5.75 Å². The van der Waals surface area contributed by atoms with E-state index in [0.29, 0.717) is 12.3 Å². The molecule has 0 radical (unpaired) electrons. The summed E-state index contributed by atoms with van der Waals surface area (Å²) in [7, 11) is 1.87. The lowest BCUT2D eigenvalue weighted by Gasteiger charge is -2.18. The van der Waals surface area contributed by atoms with Gasteiger partial charge in [-0.05, 0) is 42.9 Å². The Hall–Kier alpha value is -1.92. The van der Waals surface area contributed by atoms with Gasteiger partial charge in [0.1, 0.15) is 16.2 Å². The zero-order valence-corrected chi connectivity index (χ0v) is 16.6. The normalized spacial score (nSPS) is 13.2. The number of fused-ring (bicyclic) bond motifs is 3. The lowest BCUT2D eigenvalue weighted by Crippen LogP contribution is -2.28. The van der Waals surface area contributed by atoms with Crippen LogP contribution in [0.4, 0.5) is 0 Å². The number of carbonyl (C=O) groups excluding carboxylic acids is 1. The number of thioether (sulfide) groups is 1. The summed E-state index contributed by atoms with van der Waals surface area (Å²) >= 11 is 3.32. The maximum absolute atomic E-state index is 12.6. The smallest absolute Gasteiger partial charge is 0.233 e. The maximum atomic E-state index is 12.6. The van der Waals surface area contributed by atoms with E-state index in [2.05, 4.69) is 29.0 Å². The van der Waals surface area contributed by atoms with E-state index in [-0.39, 0.29) is 5.91 Å². The predicted molar refractivity (Wildman–Crippen MR) is 108 cm³/mol. The average Bonchev–Trinajstić information content (AvgIpc) is 3.22. The molecule has 4 rings (SSSR count). The largest absolute Gasteiger partial charge is 0.341 e. The van der Waals surface area contributed by atoms with Crippen LogP contribution in [0.5, 0.6) is 0 Å². The summed E-state index contributed by atoms with van der Waals surface area (Å²) in [6.45, 7) is 2.72. The number of carbonyl (C=O) groups is 1. The molecule has 1 aliphatic rings. The van der Waals surface area contributed by atoms with Gasteiger partial charge in [0.15, 0.2) is 0 Å². The van der Waals surface area contributed by atoms with Crippen LogP contribution in [0.1, 0.15) is 28.0 Å². The second-order valence-corrected chi connectivity index (χ2v) is 8.73. The lowest BCUT2D eigenvalue weighted by molar-refractivity contribution is -0.127. The van der Waals surface area contributed by atoms with Crippen LogP contribution in [-0.4, -0.2) is 33.6 Å². The highest BCUT2D eigenvalue weighted by molar-refractivity contribution is 8.00. The van der Waals surface area contributed by atoms with E-state index < -0.39 is 0 Å². The molecule has 0 saturated carbocycles. The molecule has 1 amide bonds. The summed E-state index contributed by atoms with van der Waals surface area (Å²) in [6.07, 6.45) is 5.10. The number of hydrogen-bond donors (Lipinski definition) is 0. The molecule has 6 heteroatoms. The number of thiophene rings is 1. The third kappa shape index (κ3) is 3.35. The van der Waals surface area contributed by atoms with E-state index in [1.165, 1.54) is 45.1 Å². The van der Waals surface area contributed by atoms with Gasteiger partial charge < -0.3 is 4.90 Å². The molecular weight excluding hydrogens is 362 g/mol. The Morgan fingerprint density at radius 2 is 2.12 bits per heavy atom. The number of benzene rings is 1. The van der Waals surface area contributed by atoms with Crippen molar-refractivity contribution in [2.45, 2.75) is 37.8 Å². The molecule has 0 fully saturated rings. The van der Waals surface area contributed by atoms with Crippen molar-refractivity contribution in [1.29, 1.82) is 0 Å². The SMILES string of the molecule is Cc1ccccc1CN(C)C(=O)CSc1ncnc2sc3c(c12)CCC3. The minimum atomic E-state index is 0.122. The summed E-state index contributed by atoms with van der Waals surface area (Å²) in [5.41, 5.74) is 3.81. The number of rotatable bonds is 5.